The maximum absolute atomic E-state index is 14.1. The smallest absolute Gasteiger partial charge is 0.342 e. The number of fused-ring (bicyclic) bond motifs is 1. The maximum Gasteiger partial charge on any atom is 0.422 e. The van der Waals surface area contributed by atoms with Crippen LogP contribution < -0.4 is 5.43 Å². The lowest BCUT2D eigenvalue weighted by molar-refractivity contribution is -0.143. The fourth-order valence-corrected chi connectivity index (χ4v) is 3.81. The van der Waals surface area contributed by atoms with Crippen molar-refractivity contribution in [3.05, 3.63) is 98.7 Å². The van der Waals surface area contributed by atoms with E-state index >= 15 is 0 Å². The third kappa shape index (κ3) is 4.81. The number of nitrogens with one attached hydrogen (secondary N) is 1. The summed E-state index contributed by atoms with van der Waals surface area (Å²) < 4.78 is 95.8. The molecule has 0 aliphatic rings. The summed E-state index contributed by atoms with van der Waals surface area (Å²) >= 11 is 12.0. The molecule has 0 saturated carbocycles. The van der Waals surface area contributed by atoms with Gasteiger partial charge in [-0.1, -0.05) is 47.5 Å². The van der Waals surface area contributed by atoms with Crippen molar-refractivity contribution in [1.29, 1.82) is 0 Å². The third-order valence-electron chi connectivity index (χ3n) is 5.08. The Hall–Kier alpha value is -3.24. The van der Waals surface area contributed by atoms with Crippen LogP contribution in [0, 0.1) is 23.3 Å². The van der Waals surface area contributed by atoms with E-state index in [1.54, 1.807) is 54.1 Å². The molecule has 12 heteroatoms. The fourth-order valence-electron chi connectivity index (χ4n) is 3.49. The van der Waals surface area contributed by atoms with Crippen LogP contribution in [0.2, 0.25) is 10.0 Å². The molecule has 1 N–H and O–H groups in total. The first kappa shape index (κ1) is 24.9. The number of anilines is 1. The number of halogens is 9. The van der Waals surface area contributed by atoms with Gasteiger partial charge in [0.2, 0.25) is 0 Å². The van der Waals surface area contributed by atoms with E-state index in [0.717, 1.165) is 17.3 Å². The van der Waals surface area contributed by atoms with Crippen molar-refractivity contribution in [1.82, 2.24) is 4.57 Å². The van der Waals surface area contributed by atoms with Gasteiger partial charge in [-0.25, -0.2) is 17.6 Å². The quantitative estimate of drug-likeness (QED) is 0.120. The molecule has 0 bridgehead atoms. The van der Waals surface area contributed by atoms with Crippen molar-refractivity contribution in [3.8, 4) is 0 Å². The average molecular weight is 534 g/mol. The number of para-hydroxylation sites is 1. The normalized spacial score (nSPS) is 12.1. The van der Waals surface area contributed by atoms with E-state index in [2.05, 4.69) is 5.10 Å². The number of rotatable bonds is 5. The molecular formula is C23H12Cl2F7N3. The number of nitrogens with zero attached hydrogens (tertiary/aromatic N) is 2. The Morgan fingerprint density at radius 3 is 2.17 bits per heavy atom. The minimum atomic E-state index is -5.63. The average Bonchev–Trinajstić information content (AvgIpc) is 3.14. The van der Waals surface area contributed by atoms with Gasteiger partial charge in [-0.15, -0.1) is 0 Å². The van der Waals surface area contributed by atoms with E-state index in [1.165, 1.54) is 0 Å². The van der Waals surface area contributed by atoms with Crippen LogP contribution >= 0.6 is 23.2 Å². The van der Waals surface area contributed by atoms with Gasteiger partial charge in [-0.2, -0.15) is 18.3 Å². The molecule has 4 aromatic rings. The number of aromatic nitrogens is 1. The summed E-state index contributed by atoms with van der Waals surface area (Å²) in [6.07, 6.45) is -2.87. The minimum absolute atomic E-state index is 0.367. The van der Waals surface area contributed by atoms with Crippen LogP contribution in [-0.4, -0.2) is 10.8 Å². The number of hydrogen-bond donors (Lipinski definition) is 1. The van der Waals surface area contributed by atoms with Gasteiger partial charge in [0.25, 0.3) is 0 Å². The van der Waals surface area contributed by atoms with Crippen molar-refractivity contribution in [3.63, 3.8) is 0 Å². The molecule has 35 heavy (non-hydrogen) atoms. The highest BCUT2D eigenvalue weighted by atomic mass is 35.5. The largest absolute Gasteiger partial charge is 0.422 e. The summed E-state index contributed by atoms with van der Waals surface area (Å²) in [6, 6.07) is 12.2. The van der Waals surface area contributed by atoms with E-state index < -0.39 is 40.7 Å². The second kappa shape index (κ2) is 9.43. The Labute approximate surface area is 203 Å². The van der Waals surface area contributed by atoms with E-state index in [-0.39, 0.29) is 0 Å². The first-order chi connectivity index (χ1) is 16.5. The molecule has 1 heterocycles. The summed E-state index contributed by atoms with van der Waals surface area (Å²) in [6.45, 7) is 0.372. The van der Waals surface area contributed by atoms with Gasteiger partial charge in [0, 0.05) is 29.2 Å². The molecule has 0 saturated heterocycles. The van der Waals surface area contributed by atoms with Crippen LogP contribution in [0.3, 0.4) is 0 Å². The molecule has 0 unspecified atom stereocenters. The Balaban J connectivity index is 1.67. The predicted octanol–water partition coefficient (Wildman–Crippen LogP) is 8.02. The van der Waals surface area contributed by atoms with Crippen molar-refractivity contribution in [2.75, 3.05) is 5.43 Å². The highest BCUT2D eigenvalue weighted by molar-refractivity contribution is 6.42. The summed E-state index contributed by atoms with van der Waals surface area (Å²) in [5.41, 5.74) is -0.377. The van der Waals surface area contributed by atoms with Crippen LogP contribution in [0.4, 0.5) is 36.4 Å². The second-order valence-corrected chi connectivity index (χ2v) is 8.17. The highest BCUT2D eigenvalue weighted by Gasteiger charge is 2.42. The Morgan fingerprint density at radius 1 is 0.886 bits per heavy atom. The summed E-state index contributed by atoms with van der Waals surface area (Å²) in [5.74, 6) is -9.66. The minimum Gasteiger partial charge on any atom is -0.342 e. The lowest BCUT2D eigenvalue weighted by Gasteiger charge is -2.13. The maximum atomic E-state index is 14.1. The molecule has 0 atom stereocenters. The molecule has 0 spiro atoms. The zero-order valence-electron chi connectivity index (χ0n) is 17.2. The molecule has 0 radical (unpaired) electrons. The van der Waals surface area contributed by atoms with Crippen molar-refractivity contribution < 1.29 is 30.7 Å². The van der Waals surface area contributed by atoms with Crippen molar-refractivity contribution in [2.24, 2.45) is 5.10 Å². The first-order valence-electron chi connectivity index (χ1n) is 9.73. The molecular weight excluding hydrogens is 522 g/mol. The van der Waals surface area contributed by atoms with Crippen molar-refractivity contribution >= 4 is 46.0 Å². The van der Waals surface area contributed by atoms with Gasteiger partial charge in [-0.3, -0.25) is 5.43 Å². The Morgan fingerprint density at radius 2 is 1.54 bits per heavy atom. The first-order valence-corrected chi connectivity index (χ1v) is 10.5. The van der Waals surface area contributed by atoms with Crippen LogP contribution in [0.1, 0.15) is 16.7 Å². The Bertz CT molecular complexity index is 1430. The highest BCUT2D eigenvalue weighted by Crippen LogP contribution is 2.38. The lowest BCUT2D eigenvalue weighted by atomic mass is 10.1. The van der Waals surface area contributed by atoms with E-state index in [1.807, 2.05) is 4.57 Å². The molecule has 3 aromatic carbocycles. The molecule has 182 valence electrons. The number of alkyl halides is 3. The summed E-state index contributed by atoms with van der Waals surface area (Å²) in [4.78, 5) is 0. The van der Waals surface area contributed by atoms with Crippen molar-refractivity contribution in [2.45, 2.75) is 12.7 Å². The zero-order chi connectivity index (χ0) is 25.5. The zero-order valence-corrected chi connectivity index (χ0v) is 18.7. The van der Waals surface area contributed by atoms with Gasteiger partial charge in [0.05, 0.1) is 16.3 Å². The number of hydrogen-bond acceptors (Lipinski definition) is 2. The molecule has 0 amide bonds. The second-order valence-electron chi connectivity index (χ2n) is 7.35. The number of hydrazone groups is 1. The van der Waals surface area contributed by atoms with Gasteiger partial charge in [0.1, 0.15) is 11.3 Å². The Kier molecular flexibility index (Phi) is 6.70. The summed E-state index contributed by atoms with van der Waals surface area (Å²) in [5, 5.41) is 5.01. The molecule has 4 rings (SSSR count). The fraction of sp³-hybridized carbons (Fsp3) is 0.0870. The van der Waals surface area contributed by atoms with Crippen LogP contribution in [0.5, 0.6) is 0 Å². The van der Waals surface area contributed by atoms with Gasteiger partial charge in [0.15, 0.2) is 23.3 Å². The van der Waals surface area contributed by atoms with Gasteiger partial charge in [-0.05, 0) is 23.8 Å². The monoisotopic (exact) mass is 533 g/mol. The molecule has 0 aliphatic heterocycles. The van der Waals surface area contributed by atoms with E-state index in [4.69, 9.17) is 23.2 Å². The van der Waals surface area contributed by atoms with Crippen LogP contribution in [-0.2, 0) is 12.7 Å². The van der Waals surface area contributed by atoms with E-state index in [0.29, 0.717) is 27.5 Å². The molecule has 0 aliphatic carbocycles. The topological polar surface area (TPSA) is 29.3 Å². The third-order valence-corrected chi connectivity index (χ3v) is 5.82. The number of benzene rings is 3. The predicted molar refractivity (Wildman–Crippen MR) is 120 cm³/mol. The summed E-state index contributed by atoms with van der Waals surface area (Å²) in [7, 11) is 0. The van der Waals surface area contributed by atoms with E-state index in [9.17, 15) is 30.7 Å². The SMILES string of the molecule is Fc1c(F)c(C(F)(F)F)c(F)c(F)c1N/N=C\c1cn(Cc2ccc(Cl)c(Cl)c2)c2ccccc12. The van der Waals surface area contributed by atoms with Gasteiger partial charge >= 0.3 is 6.18 Å². The lowest BCUT2D eigenvalue weighted by Crippen LogP contribution is -2.16. The van der Waals surface area contributed by atoms with Gasteiger partial charge < -0.3 is 4.57 Å². The molecule has 0 fully saturated rings. The molecule has 1 aromatic heterocycles. The van der Waals surface area contributed by atoms with Crippen LogP contribution in [0.15, 0.2) is 53.8 Å². The molecule has 3 nitrogen and oxygen atoms in total. The standard InChI is InChI=1S/C23H12Cl2F7N3/c24-14-6-5-11(7-15(14)25)9-35-10-12(13-3-1-2-4-16(13)35)8-33-34-22-20(28)18(26)17(23(30,31)32)19(27)21(22)29/h1-8,10,34H,9H2/b33-8-. The van der Waals surface area contributed by atoms with Crippen LogP contribution in [0.25, 0.3) is 10.9 Å².